The maximum atomic E-state index is 16.9. The van der Waals surface area contributed by atoms with Crippen LogP contribution in [-0.2, 0) is 0 Å². The Bertz CT molecular complexity index is 1990. The molecule has 0 spiro atoms. The van der Waals surface area contributed by atoms with Crippen LogP contribution in [-0.4, -0.2) is 65.6 Å². The fraction of sp³-hybridized carbons (Fsp3) is 0.433. The van der Waals surface area contributed by atoms with Gasteiger partial charge in [0.05, 0.1) is 26.9 Å². The van der Waals surface area contributed by atoms with Crippen molar-refractivity contribution in [2.45, 2.75) is 37.0 Å². The first kappa shape index (κ1) is 27.9. The van der Waals surface area contributed by atoms with Crippen molar-refractivity contribution in [1.29, 1.82) is 5.26 Å². The van der Waals surface area contributed by atoms with Crippen LogP contribution in [0.25, 0.3) is 32.2 Å². The van der Waals surface area contributed by atoms with Crippen LogP contribution in [0.4, 0.5) is 18.2 Å². The van der Waals surface area contributed by atoms with Crippen LogP contribution < -0.4 is 26.1 Å². The van der Waals surface area contributed by atoms with Gasteiger partial charge in [-0.15, -0.1) is 11.3 Å². The fourth-order valence-electron chi connectivity index (χ4n) is 7.44. The van der Waals surface area contributed by atoms with Gasteiger partial charge >= 0.3 is 5.56 Å². The number of halogens is 4. The Morgan fingerprint density at radius 3 is 2.91 bits per heavy atom. The van der Waals surface area contributed by atoms with Crippen molar-refractivity contribution in [2.75, 3.05) is 45.1 Å². The lowest BCUT2D eigenvalue weighted by Crippen LogP contribution is -2.51. The number of anilines is 1. The summed E-state index contributed by atoms with van der Waals surface area (Å²) in [4.78, 5) is 20.5. The van der Waals surface area contributed by atoms with Crippen LogP contribution >= 0.6 is 22.9 Å². The SMILES string of the molecule is N#Cc1c(N)sc2c(F)ccc(-c3c(Cl)c4c5c(nc(OC[C@@]67CCCN6C[C@H](F)C7)c(=O)n5C(C5CNC5)CO4)c3F)c12. The molecule has 4 aromatic rings. The molecule has 0 amide bonds. The quantitative estimate of drug-likeness (QED) is 0.320. The van der Waals surface area contributed by atoms with Gasteiger partial charge in [0.15, 0.2) is 11.6 Å². The van der Waals surface area contributed by atoms with Crippen LogP contribution in [0.1, 0.15) is 30.9 Å². The third kappa shape index (κ3) is 3.84. The third-order valence-electron chi connectivity index (χ3n) is 9.67. The van der Waals surface area contributed by atoms with Crippen molar-refractivity contribution < 1.29 is 22.6 Å². The highest BCUT2D eigenvalue weighted by Crippen LogP contribution is 2.50. The summed E-state index contributed by atoms with van der Waals surface area (Å²) < 4.78 is 60.0. The van der Waals surface area contributed by atoms with E-state index in [-0.39, 0.29) is 78.6 Å². The van der Waals surface area contributed by atoms with Gasteiger partial charge in [-0.2, -0.15) is 5.26 Å². The Morgan fingerprint density at radius 2 is 2.16 bits per heavy atom. The zero-order valence-corrected chi connectivity index (χ0v) is 24.8. The van der Waals surface area contributed by atoms with E-state index in [0.29, 0.717) is 26.1 Å². The second kappa shape index (κ2) is 9.97. The number of benzene rings is 2. The van der Waals surface area contributed by atoms with Gasteiger partial charge in [0, 0.05) is 42.9 Å². The summed E-state index contributed by atoms with van der Waals surface area (Å²) in [6, 6.07) is 4.06. The summed E-state index contributed by atoms with van der Waals surface area (Å²) in [6.07, 6.45) is 0.926. The summed E-state index contributed by atoms with van der Waals surface area (Å²) in [5.74, 6) is -1.68. The molecule has 3 atom stereocenters. The normalized spacial score (nSPS) is 24.8. The molecular weight excluding hydrogens is 617 g/mol. The monoisotopic (exact) mass is 642 g/mol. The molecule has 0 saturated carbocycles. The van der Waals surface area contributed by atoms with E-state index in [1.54, 1.807) is 0 Å². The third-order valence-corrected chi connectivity index (χ3v) is 11.1. The molecule has 1 unspecified atom stereocenters. The second-order valence-corrected chi connectivity index (χ2v) is 13.5. The molecule has 6 heterocycles. The molecule has 9 nitrogen and oxygen atoms in total. The molecule has 3 saturated heterocycles. The molecule has 2 aromatic heterocycles. The number of nitrogen functional groups attached to an aromatic ring is 1. The fourth-order valence-corrected chi connectivity index (χ4v) is 8.71. The Hall–Kier alpha value is -3.57. The first-order chi connectivity index (χ1) is 21.2. The molecule has 0 bridgehead atoms. The zero-order chi connectivity index (χ0) is 30.5. The molecular formula is C30H26ClF3N6O3S. The minimum absolute atomic E-state index is 0.00669. The topological polar surface area (TPSA) is 118 Å². The largest absolute Gasteiger partial charge is 0.488 e. The molecule has 8 rings (SSSR count). The molecule has 0 aliphatic carbocycles. The van der Waals surface area contributed by atoms with E-state index in [1.165, 1.54) is 10.6 Å². The van der Waals surface area contributed by atoms with Crippen molar-refractivity contribution >= 4 is 49.1 Å². The Labute approximate surface area is 257 Å². The highest BCUT2D eigenvalue weighted by molar-refractivity contribution is 7.23. The Kier molecular flexibility index (Phi) is 6.33. The zero-order valence-electron chi connectivity index (χ0n) is 23.3. The van der Waals surface area contributed by atoms with Crippen LogP contribution in [0.15, 0.2) is 16.9 Å². The van der Waals surface area contributed by atoms with Gasteiger partial charge in [-0.05, 0) is 31.0 Å². The molecule has 44 heavy (non-hydrogen) atoms. The average molecular weight is 643 g/mol. The number of nitrogens with two attached hydrogens (primary N) is 1. The van der Waals surface area contributed by atoms with Crippen molar-refractivity contribution in [1.82, 2.24) is 19.8 Å². The van der Waals surface area contributed by atoms with E-state index in [2.05, 4.69) is 15.2 Å². The number of thiophene rings is 1. The Morgan fingerprint density at radius 1 is 1.34 bits per heavy atom. The minimum Gasteiger partial charge on any atom is -0.488 e. The number of alkyl halides is 1. The van der Waals surface area contributed by atoms with Crippen molar-refractivity contribution in [2.24, 2.45) is 5.92 Å². The van der Waals surface area contributed by atoms with E-state index in [4.69, 9.17) is 26.8 Å². The first-order valence-electron chi connectivity index (χ1n) is 14.5. The lowest BCUT2D eigenvalue weighted by atomic mass is 9.92. The van der Waals surface area contributed by atoms with Crippen molar-refractivity contribution in [3.8, 4) is 28.8 Å². The van der Waals surface area contributed by atoms with Gasteiger partial charge in [-0.3, -0.25) is 14.3 Å². The molecule has 0 radical (unpaired) electrons. The van der Waals surface area contributed by atoms with Gasteiger partial charge in [0.2, 0.25) is 0 Å². The minimum atomic E-state index is -0.986. The number of hydrogen-bond donors (Lipinski definition) is 2. The maximum Gasteiger partial charge on any atom is 0.314 e. The number of fused-ring (bicyclic) bond motifs is 2. The van der Waals surface area contributed by atoms with Crippen LogP contribution in [0.5, 0.6) is 11.6 Å². The van der Waals surface area contributed by atoms with Gasteiger partial charge in [0.1, 0.15) is 47.3 Å². The van der Waals surface area contributed by atoms with E-state index >= 15 is 4.39 Å². The predicted molar refractivity (Wildman–Crippen MR) is 160 cm³/mol. The number of nitrogens with one attached hydrogen (secondary N) is 1. The highest BCUT2D eigenvalue weighted by atomic mass is 35.5. The summed E-state index contributed by atoms with van der Waals surface area (Å²) in [5.41, 5.74) is 4.84. The van der Waals surface area contributed by atoms with E-state index in [9.17, 15) is 18.8 Å². The highest BCUT2D eigenvalue weighted by Gasteiger charge is 2.49. The number of nitrogens with zero attached hydrogens (tertiary/aromatic N) is 4. The predicted octanol–water partition coefficient (Wildman–Crippen LogP) is 4.77. The van der Waals surface area contributed by atoms with Gasteiger partial charge in [0.25, 0.3) is 5.88 Å². The van der Waals surface area contributed by atoms with Crippen LogP contribution in [0.2, 0.25) is 5.02 Å². The first-order valence-corrected chi connectivity index (χ1v) is 15.7. The molecule has 228 valence electrons. The summed E-state index contributed by atoms with van der Waals surface area (Å²) in [6.45, 7) is 2.49. The van der Waals surface area contributed by atoms with E-state index in [1.807, 2.05) is 6.07 Å². The molecule has 14 heteroatoms. The smallest absolute Gasteiger partial charge is 0.314 e. The lowest BCUT2D eigenvalue weighted by molar-refractivity contribution is 0.107. The van der Waals surface area contributed by atoms with E-state index in [0.717, 1.165) is 36.8 Å². The van der Waals surface area contributed by atoms with Crippen molar-refractivity contribution in [3.63, 3.8) is 0 Å². The summed E-state index contributed by atoms with van der Waals surface area (Å²) in [5, 5.41) is 13.1. The van der Waals surface area contributed by atoms with Crippen LogP contribution in [0.3, 0.4) is 0 Å². The summed E-state index contributed by atoms with van der Waals surface area (Å²) in [7, 11) is 0. The molecule has 3 fully saturated rings. The number of rotatable bonds is 5. The van der Waals surface area contributed by atoms with Gasteiger partial charge in [-0.1, -0.05) is 17.7 Å². The van der Waals surface area contributed by atoms with E-state index < -0.39 is 34.9 Å². The standard InChI is InChI=1S/C30H26ClF3N6O3S/c31-21-20(15-2-3-17(33)26-19(15)16(7-35)27(36)44-26)22(34)23-24-25(21)42-11-18(13-8-37-9-13)40(24)29(41)28(38-23)43-12-30-4-1-5-39(30)10-14(32)6-30/h2-3,13-14,18,37H,1,4-6,8-12,36H2/t14-,18?,30+/m1/s1. The van der Waals surface area contributed by atoms with Gasteiger partial charge < -0.3 is 20.5 Å². The number of aromatic nitrogens is 2. The number of nitriles is 1. The lowest BCUT2D eigenvalue weighted by Gasteiger charge is -2.39. The summed E-state index contributed by atoms with van der Waals surface area (Å²) >= 11 is 7.75. The maximum absolute atomic E-state index is 16.9. The molecule has 4 aliphatic rings. The van der Waals surface area contributed by atoms with Crippen molar-refractivity contribution in [3.05, 3.63) is 44.7 Å². The Balaban J connectivity index is 1.36. The average Bonchev–Trinajstić information content (AvgIpc) is 3.61. The molecule has 2 aromatic carbocycles. The number of hydrogen-bond acceptors (Lipinski definition) is 9. The van der Waals surface area contributed by atoms with Crippen LogP contribution in [0, 0.1) is 28.9 Å². The molecule has 3 N–H and O–H groups in total. The molecule has 4 aliphatic heterocycles. The second-order valence-electron chi connectivity index (χ2n) is 12.0. The van der Waals surface area contributed by atoms with Gasteiger partial charge in [-0.25, -0.2) is 18.2 Å². The number of ether oxygens (including phenoxy) is 2.